The highest BCUT2D eigenvalue weighted by molar-refractivity contribution is 8.00. The fourth-order valence-corrected chi connectivity index (χ4v) is 4.38. The Balaban J connectivity index is 1.87. The van der Waals surface area contributed by atoms with E-state index in [0.29, 0.717) is 24.5 Å². The molecule has 1 N–H and O–H groups in total. The lowest BCUT2D eigenvalue weighted by atomic mass is 10.0. The monoisotopic (exact) mass is 480 g/mol. The molecule has 0 aliphatic heterocycles. The third-order valence-electron chi connectivity index (χ3n) is 5.19. The first kappa shape index (κ1) is 24.9. The fraction of sp³-hybridized carbons (Fsp3) is 0.259. The van der Waals surface area contributed by atoms with Crippen LogP contribution in [-0.4, -0.2) is 35.1 Å². The van der Waals surface area contributed by atoms with E-state index in [4.69, 9.17) is 11.6 Å². The van der Waals surface area contributed by atoms with Gasteiger partial charge in [-0.25, -0.2) is 0 Å². The molecule has 0 saturated carbocycles. The summed E-state index contributed by atoms with van der Waals surface area (Å²) < 4.78 is 0. The fourth-order valence-electron chi connectivity index (χ4n) is 3.45. The molecule has 2 amide bonds. The van der Waals surface area contributed by atoms with Crippen LogP contribution in [0.5, 0.6) is 0 Å². The standard InChI is InChI=1S/C27H29ClN2O2S/c1-2-17-29-27(32)25(18-21-9-5-3-6-10-21)30(19-22-13-15-23(28)16-14-22)26(31)20-33-24-11-7-4-8-12-24/h3-16,25H,2,17-20H2,1H3,(H,29,32)/t25-/m0/s1. The van der Waals surface area contributed by atoms with Crippen molar-refractivity contribution in [2.24, 2.45) is 0 Å². The molecule has 0 spiro atoms. The zero-order chi connectivity index (χ0) is 23.5. The molecular formula is C27H29ClN2O2S. The predicted octanol–water partition coefficient (Wildman–Crippen LogP) is 5.60. The molecule has 0 aliphatic rings. The summed E-state index contributed by atoms with van der Waals surface area (Å²) in [6.45, 7) is 2.92. The van der Waals surface area contributed by atoms with Crippen molar-refractivity contribution >= 4 is 35.2 Å². The average molecular weight is 481 g/mol. The molecular weight excluding hydrogens is 452 g/mol. The molecule has 3 rings (SSSR count). The van der Waals surface area contributed by atoms with Crippen molar-refractivity contribution in [1.82, 2.24) is 10.2 Å². The van der Waals surface area contributed by atoms with Crippen molar-refractivity contribution in [2.75, 3.05) is 12.3 Å². The Kier molecular flexibility index (Phi) is 9.85. The number of hydrogen-bond donors (Lipinski definition) is 1. The van der Waals surface area contributed by atoms with E-state index < -0.39 is 6.04 Å². The van der Waals surface area contributed by atoms with Crippen LogP contribution in [0.4, 0.5) is 0 Å². The maximum Gasteiger partial charge on any atom is 0.243 e. The first-order chi connectivity index (χ1) is 16.1. The van der Waals surface area contributed by atoms with Gasteiger partial charge in [0.25, 0.3) is 0 Å². The molecule has 0 aliphatic carbocycles. The summed E-state index contributed by atoms with van der Waals surface area (Å²) in [4.78, 5) is 29.5. The van der Waals surface area contributed by atoms with Gasteiger partial charge in [-0.2, -0.15) is 0 Å². The molecule has 3 aromatic carbocycles. The van der Waals surface area contributed by atoms with Gasteiger partial charge in [-0.1, -0.05) is 79.2 Å². The summed E-state index contributed by atoms with van der Waals surface area (Å²) >= 11 is 7.54. The van der Waals surface area contributed by atoms with Crippen LogP contribution in [-0.2, 0) is 22.6 Å². The Morgan fingerprint density at radius 1 is 0.909 bits per heavy atom. The number of halogens is 1. The molecule has 1 atom stereocenters. The van der Waals surface area contributed by atoms with Crippen molar-refractivity contribution in [3.63, 3.8) is 0 Å². The molecule has 0 radical (unpaired) electrons. The third kappa shape index (κ3) is 7.95. The van der Waals surface area contributed by atoms with E-state index in [9.17, 15) is 9.59 Å². The molecule has 0 saturated heterocycles. The van der Waals surface area contributed by atoms with Crippen LogP contribution in [0.2, 0.25) is 5.02 Å². The van der Waals surface area contributed by atoms with Crippen LogP contribution in [0.25, 0.3) is 0 Å². The molecule has 4 nitrogen and oxygen atoms in total. The van der Waals surface area contributed by atoms with Gasteiger partial charge < -0.3 is 10.2 Å². The Labute approximate surface area is 205 Å². The summed E-state index contributed by atoms with van der Waals surface area (Å²) in [7, 11) is 0. The first-order valence-corrected chi connectivity index (χ1v) is 12.5. The van der Waals surface area contributed by atoms with E-state index in [1.165, 1.54) is 11.8 Å². The summed E-state index contributed by atoms with van der Waals surface area (Å²) in [5.74, 6) is 0.0448. The van der Waals surface area contributed by atoms with Gasteiger partial charge in [0, 0.05) is 29.4 Å². The van der Waals surface area contributed by atoms with Crippen molar-refractivity contribution < 1.29 is 9.59 Å². The average Bonchev–Trinajstić information content (AvgIpc) is 2.85. The van der Waals surface area contributed by atoms with Gasteiger partial charge in [0.1, 0.15) is 6.04 Å². The van der Waals surface area contributed by atoms with Crippen molar-refractivity contribution in [3.8, 4) is 0 Å². The minimum absolute atomic E-state index is 0.0774. The zero-order valence-electron chi connectivity index (χ0n) is 18.7. The smallest absolute Gasteiger partial charge is 0.243 e. The Morgan fingerprint density at radius 2 is 1.55 bits per heavy atom. The number of benzene rings is 3. The minimum atomic E-state index is -0.612. The van der Waals surface area contributed by atoms with Crippen LogP contribution in [0.15, 0.2) is 89.8 Å². The number of thioether (sulfide) groups is 1. The Bertz CT molecular complexity index is 1010. The zero-order valence-corrected chi connectivity index (χ0v) is 20.3. The Morgan fingerprint density at radius 3 is 2.18 bits per heavy atom. The van der Waals surface area contributed by atoms with Gasteiger partial charge in [0.2, 0.25) is 11.8 Å². The van der Waals surface area contributed by atoms with Crippen molar-refractivity contribution in [2.45, 2.75) is 37.2 Å². The van der Waals surface area contributed by atoms with Gasteiger partial charge >= 0.3 is 0 Å². The summed E-state index contributed by atoms with van der Waals surface area (Å²) in [5, 5.41) is 3.63. The van der Waals surface area contributed by atoms with E-state index in [2.05, 4.69) is 5.32 Å². The molecule has 0 aromatic heterocycles. The molecule has 0 heterocycles. The number of amides is 2. The second kappa shape index (κ2) is 13.1. The lowest BCUT2D eigenvalue weighted by molar-refractivity contribution is -0.139. The van der Waals surface area contributed by atoms with E-state index >= 15 is 0 Å². The van der Waals surface area contributed by atoms with Gasteiger partial charge in [0.15, 0.2) is 0 Å². The van der Waals surface area contributed by atoms with Gasteiger partial charge in [-0.05, 0) is 41.8 Å². The number of hydrogen-bond acceptors (Lipinski definition) is 3. The van der Waals surface area contributed by atoms with Gasteiger partial charge in [0.05, 0.1) is 5.75 Å². The van der Waals surface area contributed by atoms with E-state index in [1.54, 1.807) is 4.90 Å². The van der Waals surface area contributed by atoms with E-state index in [1.807, 2.05) is 91.9 Å². The number of nitrogens with one attached hydrogen (secondary N) is 1. The normalized spacial score (nSPS) is 11.6. The Hall–Kier alpha value is -2.76. The maximum absolute atomic E-state index is 13.5. The van der Waals surface area contributed by atoms with E-state index in [0.717, 1.165) is 22.4 Å². The number of carbonyl (C=O) groups is 2. The highest BCUT2D eigenvalue weighted by Crippen LogP contribution is 2.21. The molecule has 0 fully saturated rings. The highest BCUT2D eigenvalue weighted by Gasteiger charge is 2.30. The lowest BCUT2D eigenvalue weighted by Crippen LogP contribution is -2.51. The second-order valence-corrected chi connectivity index (χ2v) is 9.23. The third-order valence-corrected chi connectivity index (χ3v) is 6.44. The molecule has 172 valence electrons. The first-order valence-electron chi connectivity index (χ1n) is 11.1. The molecule has 3 aromatic rings. The van der Waals surface area contributed by atoms with Crippen LogP contribution in [0, 0.1) is 0 Å². The second-order valence-electron chi connectivity index (χ2n) is 7.75. The van der Waals surface area contributed by atoms with Crippen LogP contribution in [0.1, 0.15) is 24.5 Å². The lowest BCUT2D eigenvalue weighted by Gasteiger charge is -2.31. The predicted molar refractivity (Wildman–Crippen MR) is 136 cm³/mol. The van der Waals surface area contributed by atoms with Gasteiger partial charge in [-0.3, -0.25) is 9.59 Å². The summed E-state index contributed by atoms with van der Waals surface area (Å²) in [6.07, 6.45) is 1.28. The number of nitrogens with zero attached hydrogens (tertiary/aromatic N) is 1. The number of carbonyl (C=O) groups excluding carboxylic acids is 2. The van der Waals surface area contributed by atoms with Gasteiger partial charge in [-0.15, -0.1) is 11.8 Å². The highest BCUT2D eigenvalue weighted by atomic mass is 35.5. The summed E-state index contributed by atoms with van der Waals surface area (Å²) in [5.41, 5.74) is 1.94. The largest absolute Gasteiger partial charge is 0.354 e. The van der Waals surface area contributed by atoms with Crippen LogP contribution >= 0.6 is 23.4 Å². The molecule has 0 unspecified atom stereocenters. The molecule has 6 heteroatoms. The molecule has 33 heavy (non-hydrogen) atoms. The van der Waals surface area contributed by atoms with Crippen molar-refractivity contribution in [1.29, 1.82) is 0 Å². The SMILES string of the molecule is CCCNC(=O)[C@H](Cc1ccccc1)N(Cc1ccc(Cl)cc1)C(=O)CSc1ccccc1. The van der Waals surface area contributed by atoms with Crippen molar-refractivity contribution in [3.05, 3.63) is 101 Å². The topological polar surface area (TPSA) is 49.4 Å². The quantitative estimate of drug-likeness (QED) is 0.363. The van der Waals surface area contributed by atoms with E-state index in [-0.39, 0.29) is 17.6 Å². The number of rotatable bonds is 11. The van der Waals surface area contributed by atoms with Crippen LogP contribution in [0.3, 0.4) is 0 Å². The summed E-state index contributed by atoms with van der Waals surface area (Å²) in [6, 6.07) is 26.5. The van der Waals surface area contributed by atoms with Crippen LogP contribution < -0.4 is 5.32 Å². The molecule has 0 bridgehead atoms. The minimum Gasteiger partial charge on any atom is -0.354 e. The maximum atomic E-state index is 13.5.